The van der Waals surface area contributed by atoms with Gasteiger partial charge >= 0.3 is 5.97 Å². The molecule has 1 fully saturated rings. The lowest BCUT2D eigenvalue weighted by Crippen LogP contribution is -2.35. The highest BCUT2D eigenvalue weighted by molar-refractivity contribution is 7.89. The number of aromatic nitrogens is 1. The Labute approximate surface area is 190 Å². The van der Waals surface area contributed by atoms with Crippen LogP contribution in [0.1, 0.15) is 29.6 Å². The number of hydrogen-bond donors (Lipinski definition) is 2. The Hall–Kier alpha value is -3.50. The molecule has 0 aliphatic carbocycles. The lowest BCUT2D eigenvalue weighted by molar-refractivity contribution is -0.119. The van der Waals surface area contributed by atoms with Gasteiger partial charge in [0.2, 0.25) is 15.6 Å². The lowest BCUT2D eigenvalue weighted by atomic mass is 10.1. The molecule has 9 nitrogen and oxygen atoms in total. The Morgan fingerprint density at radius 1 is 1.00 bits per heavy atom. The van der Waals surface area contributed by atoms with Crippen molar-refractivity contribution in [3.63, 3.8) is 0 Å². The van der Waals surface area contributed by atoms with E-state index < -0.39 is 34.1 Å². The Morgan fingerprint density at radius 2 is 1.76 bits per heavy atom. The number of pyridine rings is 1. The first-order valence-electron chi connectivity index (χ1n) is 10.5. The van der Waals surface area contributed by atoms with Crippen LogP contribution < -0.4 is 10.9 Å². The molecule has 4 rings (SSSR count). The molecule has 33 heavy (non-hydrogen) atoms. The molecule has 1 saturated heterocycles. The van der Waals surface area contributed by atoms with Gasteiger partial charge in [-0.2, -0.15) is 4.31 Å². The van der Waals surface area contributed by atoms with Gasteiger partial charge in [-0.15, -0.1) is 0 Å². The number of fused-ring (bicyclic) bond motifs is 1. The second-order valence-corrected chi connectivity index (χ2v) is 9.65. The zero-order valence-corrected chi connectivity index (χ0v) is 18.6. The van der Waals surface area contributed by atoms with E-state index in [-0.39, 0.29) is 16.1 Å². The SMILES string of the molecule is O=C(COC(=O)c1cc(=O)[nH]c2ccccc12)Nc1cccc(S(=O)(=O)N2CCCCC2)c1. The summed E-state index contributed by atoms with van der Waals surface area (Å²) >= 11 is 0. The molecule has 0 unspecified atom stereocenters. The van der Waals surface area contributed by atoms with Crippen LogP contribution in [0.15, 0.2) is 64.3 Å². The van der Waals surface area contributed by atoms with Crippen molar-refractivity contribution in [2.75, 3.05) is 25.0 Å². The van der Waals surface area contributed by atoms with Gasteiger partial charge in [-0.05, 0) is 37.1 Å². The van der Waals surface area contributed by atoms with Crippen LogP contribution in [0.5, 0.6) is 0 Å². The van der Waals surface area contributed by atoms with Crippen molar-refractivity contribution in [3.8, 4) is 0 Å². The van der Waals surface area contributed by atoms with Crippen LogP contribution in [-0.2, 0) is 19.6 Å². The van der Waals surface area contributed by atoms with Crippen LogP contribution >= 0.6 is 0 Å². The van der Waals surface area contributed by atoms with Gasteiger partial charge in [0.1, 0.15) is 0 Å². The maximum atomic E-state index is 12.8. The third-order valence-corrected chi connectivity index (χ3v) is 7.27. The van der Waals surface area contributed by atoms with E-state index in [1.54, 1.807) is 36.4 Å². The fourth-order valence-electron chi connectivity index (χ4n) is 3.77. The van der Waals surface area contributed by atoms with Crippen LogP contribution in [0.3, 0.4) is 0 Å². The van der Waals surface area contributed by atoms with Gasteiger partial charge in [-0.1, -0.05) is 30.7 Å². The topological polar surface area (TPSA) is 126 Å². The number of nitrogens with one attached hydrogen (secondary N) is 2. The van der Waals surface area contributed by atoms with E-state index in [0.29, 0.717) is 24.0 Å². The first kappa shape index (κ1) is 22.7. The number of nitrogens with zero attached hydrogens (tertiary/aromatic N) is 1. The predicted octanol–water partition coefficient (Wildman–Crippen LogP) is 2.50. The van der Waals surface area contributed by atoms with Gasteiger partial charge in [0, 0.05) is 35.7 Å². The summed E-state index contributed by atoms with van der Waals surface area (Å²) in [6.45, 7) is 0.362. The number of carbonyl (C=O) groups excluding carboxylic acids is 2. The number of para-hydroxylation sites is 1. The van der Waals surface area contributed by atoms with Gasteiger partial charge in [-0.25, -0.2) is 13.2 Å². The average Bonchev–Trinajstić information content (AvgIpc) is 2.82. The zero-order valence-electron chi connectivity index (χ0n) is 17.7. The molecular weight excluding hydrogens is 446 g/mol. The summed E-state index contributed by atoms with van der Waals surface area (Å²) in [4.78, 5) is 39.4. The highest BCUT2D eigenvalue weighted by Gasteiger charge is 2.26. The van der Waals surface area contributed by atoms with E-state index >= 15 is 0 Å². The molecule has 0 spiro atoms. The van der Waals surface area contributed by atoms with E-state index in [0.717, 1.165) is 25.3 Å². The van der Waals surface area contributed by atoms with E-state index in [9.17, 15) is 22.8 Å². The normalized spacial score (nSPS) is 14.7. The van der Waals surface area contributed by atoms with Gasteiger partial charge in [-0.3, -0.25) is 9.59 Å². The van der Waals surface area contributed by atoms with E-state index in [2.05, 4.69) is 10.3 Å². The van der Waals surface area contributed by atoms with Crippen LogP contribution in [0.4, 0.5) is 5.69 Å². The Balaban J connectivity index is 1.42. The zero-order chi connectivity index (χ0) is 23.4. The summed E-state index contributed by atoms with van der Waals surface area (Å²) in [6.07, 6.45) is 2.65. The fourth-order valence-corrected chi connectivity index (χ4v) is 5.33. The van der Waals surface area contributed by atoms with Gasteiger partial charge in [0.25, 0.3) is 5.91 Å². The van der Waals surface area contributed by atoms with Crippen molar-refractivity contribution in [1.82, 2.24) is 9.29 Å². The van der Waals surface area contributed by atoms with Crippen LogP contribution in [0, 0.1) is 0 Å². The molecular formula is C23H23N3O6S. The summed E-state index contributed by atoms with van der Waals surface area (Å²) in [5, 5.41) is 3.04. The Kier molecular flexibility index (Phi) is 6.57. The number of H-pyrrole nitrogens is 1. The van der Waals surface area contributed by atoms with Crippen molar-refractivity contribution in [3.05, 3.63) is 70.5 Å². The molecule has 0 bridgehead atoms. The third kappa shape index (κ3) is 5.12. The average molecular weight is 470 g/mol. The summed E-state index contributed by atoms with van der Waals surface area (Å²) in [7, 11) is -3.64. The molecule has 172 valence electrons. The number of carbonyl (C=O) groups is 2. The van der Waals surface area contributed by atoms with Crippen molar-refractivity contribution in [2.24, 2.45) is 0 Å². The largest absolute Gasteiger partial charge is 0.452 e. The number of sulfonamides is 1. The maximum Gasteiger partial charge on any atom is 0.339 e. The van der Waals surface area contributed by atoms with Crippen molar-refractivity contribution < 1.29 is 22.7 Å². The molecule has 0 saturated carbocycles. The van der Waals surface area contributed by atoms with Crippen molar-refractivity contribution in [1.29, 1.82) is 0 Å². The summed E-state index contributed by atoms with van der Waals surface area (Å²) in [5.74, 6) is -1.45. The second kappa shape index (κ2) is 9.55. The monoisotopic (exact) mass is 469 g/mol. The molecule has 1 amide bonds. The summed E-state index contributed by atoms with van der Waals surface area (Å²) in [6, 6.07) is 13.8. The quantitative estimate of drug-likeness (QED) is 0.534. The number of esters is 1. The first-order chi connectivity index (χ1) is 15.8. The summed E-state index contributed by atoms with van der Waals surface area (Å²) < 4.78 is 32.2. The third-order valence-electron chi connectivity index (χ3n) is 5.38. The molecule has 0 atom stereocenters. The number of anilines is 1. The fraction of sp³-hybridized carbons (Fsp3) is 0.261. The summed E-state index contributed by atoms with van der Waals surface area (Å²) in [5.41, 5.74) is 0.345. The van der Waals surface area contributed by atoms with Gasteiger partial charge < -0.3 is 15.0 Å². The van der Waals surface area contributed by atoms with E-state index in [1.807, 2.05) is 0 Å². The van der Waals surface area contributed by atoms with Crippen molar-refractivity contribution in [2.45, 2.75) is 24.2 Å². The molecule has 1 aliphatic heterocycles. The first-order valence-corrected chi connectivity index (χ1v) is 12.0. The molecule has 2 N–H and O–H groups in total. The van der Waals surface area contributed by atoms with Crippen LogP contribution in [0.2, 0.25) is 0 Å². The van der Waals surface area contributed by atoms with Crippen LogP contribution in [-0.4, -0.2) is 49.3 Å². The van der Waals surface area contributed by atoms with Crippen LogP contribution in [0.25, 0.3) is 10.9 Å². The molecule has 1 aromatic heterocycles. The molecule has 2 aromatic carbocycles. The number of aromatic amines is 1. The van der Waals surface area contributed by atoms with Gasteiger partial charge in [0.15, 0.2) is 6.61 Å². The number of hydrogen-bond acceptors (Lipinski definition) is 6. The number of ether oxygens (including phenoxy) is 1. The van der Waals surface area contributed by atoms with Crippen molar-refractivity contribution >= 4 is 38.5 Å². The highest BCUT2D eigenvalue weighted by Crippen LogP contribution is 2.23. The van der Waals surface area contributed by atoms with Gasteiger partial charge in [0.05, 0.1) is 10.5 Å². The number of rotatable bonds is 6. The number of benzene rings is 2. The Morgan fingerprint density at radius 3 is 2.55 bits per heavy atom. The number of amides is 1. The maximum absolute atomic E-state index is 12.8. The molecule has 1 aliphatic rings. The van der Waals surface area contributed by atoms with E-state index in [4.69, 9.17) is 4.74 Å². The second-order valence-electron chi connectivity index (χ2n) is 7.71. The minimum absolute atomic E-state index is 0.0526. The molecule has 10 heteroatoms. The Bertz CT molecular complexity index is 1360. The molecule has 0 radical (unpaired) electrons. The lowest BCUT2D eigenvalue weighted by Gasteiger charge is -2.26. The smallest absolute Gasteiger partial charge is 0.339 e. The highest BCUT2D eigenvalue weighted by atomic mass is 32.2. The molecule has 2 heterocycles. The van der Waals surface area contributed by atoms with E-state index in [1.165, 1.54) is 16.4 Å². The minimum atomic E-state index is -3.64. The predicted molar refractivity (Wildman–Crippen MR) is 123 cm³/mol. The molecule has 3 aromatic rings. The standard InChI is InChI=1S/C23H23N3O6S/c27-21-14-19(18-9-2-3-10-20(18)25-21)23(29)32-15-22(28)24-16-7-6-8-17(13-16)33(30,31)26-11-4-1-5-12-26/h2-3,6-10,13-14H,1,4-5,11-12,15H2,(H,24,28)(H,25,27). The number of piperidine rings is 1. The minimum Gasteiger partial charge on any atom is -0.452 e.